The summed E-state index contributed by atoms with van der Waals surface area (Å²) in [5.41, 5.74) is 0.713. The quantitative estimate of drug-likeness (QED) is 0.361. The Morgan fingerprint density at radius 1 is 1.28 bits per heavy atom. The Morgan fingerprint density at radius 3 is 2.75 bits per heavy atom. The molecule has 0 radical (unpaired) electrons. The van der Waals surface area contributed by atoms with Crippen LogP contribution in [0.15, 0.2) is 23.6 Å². The molecule has 2 aliphatic carbocycles. The summed E-state index contributed by atoms with van der Waals surface area (Å²) in [7, 11) is 0. The highest BCUT2D eigenvalue weighted by molar-refractivity contribution is 7.13. The molecule has 0 aromatic carbocycles. The third-order valence-electron chi connectivity index (χ3n) is 7.97. The Morgan fingerprint density at radius 2 is 2.12 bits per heavy atom. The van der Waals surface area contributed by atoms with Crippen LogP contribution in [0.5, 0.6) is 0 Å². The monoisotopic (exact) mass is 473 g/mol. The van der Waals surface area contributed by atoms with Gasteiger partial charge in [0.2, 0.25) is 0 Å². The summed E-state index contributed by atoms with van der Waals surface area (Å²) in [5, 5.41) is 22.4. The molecule has 2 aromatic rings. The van der Waals surface area contributed by atoms with Gasteiger partial charge in [-0.3, -0.25) is 4.79 Å². The van der Waals surface area contributed by atoms with Crippen molar-refractivity contribution in [3.05, 3.63) is 44.0 Å². The summed E-state index contributed by atoms with van der Waals surface area (Å²) in [6.45, 7) is 0. The minimum atomic E-state index is -0.434. The van der Waals surface area contributed by atoms with Crippen LogP contribution in [0.3, 0.4) is 0 Å². The van der Waals surface area contributed by atoms with Gasteiger partial charge in [0.05, 0.1) is 17.1 Å². The lowest BCUT2D eigenvalue weighted by Crippen LogP contribution is -2.45. The molecule has 4 atom stereocenters. The van der Waals surface area contributed by atoms with E-state index in [1.54, 1.807) is 17.4 Å². The fourth-order valence-corrected chi connectivity index (χ4v) is 7.61. The smallest absolute Gasteiger partial charge is 0.176 e. The standard InChI is InChI=1S/C26H32FNO2S2/c27-25-14-20(17-31-25)26(12-3-13-26)24(30)7-2-6-23-18(8-9-19(23)15-28)4-1-5-21-10-11-22(16-29)32-21/h10-11,14,16-19,23-24,30H,1-9,12-13H2/t18-,19?,23?,24?/m0/s1. The molecular weight excluding hydrogens is 441 g/mol. The Kier molecular flexibility index (Phi) is 7.81. The topological polar surface area (TPSA) is 61.1 Å². The number of hydrogen-bond donors (Lipinski definition) is 1. The number of hydrogen-bond acceptors (Lipinski definition) is 5. The van der Waals surface area contributed by atoms with Crippen molar-refractivity contribution in [1.82, 2.24) is 0 Å². The van der Waals surface area contributed by atoms with Crippen molar-refractivity contribution in [2.45, 2.75) is 82.1 Å². The van der Waals surface area contributed by atoms with Crippen molar-refractivity contribution in [3.8, 4) is 6.07 Å². The van der Waals surface area contributed by atoms with E-state index in [-0.39, 0.29) is 16.5 Å². The van der Waals surface area contributed by atoms with E-state index in [2.05, 4.69) is 12.1 Å². The largest absolute Gasteiger partial charge is 0.392 e. The van der Waals surface area contributed by atoms with Crippen LogP contribution < -0.4 is 0 Å². The van der Waals surface area contributed by atoms with Crippen molar-refractivity contribution >= 4 is 29.0 Å². The van der Waals surface area contributed by atoms with Crippen molar-refractivity contribution in [3.63, 3.8) is 0 Å². The van der Waals surface area contributed by atoms with Gasteiger partial charge in [-0.2, -0.15) is 9.65 Å². The highest BCUT2D eigenvalue weighted by atomic mass is 32.1. The molecule has 1 N–H and O–H groups in total. The van der Waals surface area contributed by atoms with E-state index in [0.29, 0.717) is 11.8 Å². The van der Waals surface area contributed by atoms with Crippen molar-refractivity contribution in [2.24, 2.45) is 17.8 Å². The molecule has 0 aliphatic heterocycles. The minimum Gasteiger partial charge on any atom is -0.392 e. The lowest BCUT2D eigenvalue weighted by Gasteiger charge is -2.45. The molecule has 2 aromatic heterocycles. The summed E-state index contributed by atoms with van der Waals surface area (Å²) < 4.78 is 13.6. The Bertz CT molecular complexity index is 942. The van der Waals surface area contributed by atoms with Gasteiger partial charge in [0.1, 0.15) is 0 Å². The number of halogens is 1. The maximum absolute atomic E-state index is 13.6. The number of aliphatic hydroxyl groups is 1. The number of rotatable bonds is 11. The first-order valence-corrected chi connectivity index (χ1v) is 13.6. The number of nitriles is 1. The van der Waals surface area contributed by atoms with E-state index in [4.69, 9.17) is 0 Å². The molecule has 6 heteroatoms. The first-order chi connectivity index (χ1) is 15.6. The molecule has 32 heavy (non-hydrogen) atoms. The highest BCUT2D eigenvalue weighted by Gasteiger charge is 2.45. The van der Waals surface area contributed by atoms with Gasteiger partial charge in [0, 0.05) is 16.2 Å². The number of thiophene rings is 2. The van der Waals surface area contributed by atoms with E-state index in [0.717, 1.165) is 98.7 Å². The number of aliphatic hydroxyl groups excluding tert-OH is 1. The molecule has 2 fully saturated rings. The maximum Gasteiger partial charge on any atom is 0.176 e. The van der Waals surface area contributed by atoms with Crippen LogP contribution in [0.2, 0.25) is 0 Å². The molecule has 0 spiro atoms. The van der Waals surface area contributed by atoms with Crippen LogP contribution in [0.1, 0.15) is 84.3 Å². The molecule has 0 bridgehead atoms. The third-order valence-corrected chi connectivity index (χ3v) is 9.76. The molecule has 3 unspecified atom stereocenters. The third kappa shape index (κ3) is 5.00. The van der Waals surface area contributed by atoms with Gasteiger partial charge in [-0.25, -0.2) is 0 Å². The zero-order chi connectivity index (χ0) is 22.6. The van der Waals surface area contributed by atoms with E-state index in [1.807, 2.05) is 11.4 Å². The van der Waals surface area contributed by atoms with Gasteiger partial charge >= 0.3 is 0 Å². The summed E-state index contributed by atoms with van der Waals surface area (Å²) in [6.07, 6.45) is 11.4. The molecular formula is C26H32FNO2S2. The average molecular weight is 474 g/mol. The molecule has 2 aliphatic rings. The van der Waals surface area contributed by atoms with Gasteiger partial charge < -0.3 is 5.11 Å². The SMILES string of the molecule is N#CC1CC[C@H](CCCc2ccc(C=O)s2)C1CCCC(O)C1(c2csc(F)c2)CCC1. The van der Waals surface area contributed by atoms with Gasteiger partial charge in [0.15, 0.2) is 11.4 Å². The number of aldehydes is 1. The van der Waals surface area contributed by atoms with Crippen molar-refractivity contribution in [2.75, 3.05) is 0 Å². The molecule has 4 rings (SSSR count). The van der Waals surface area contributed by atoms with E-state index < -0.39 is 6.10 Å². The average Bonchev–Trinajstić information content (AvgIpc) is 3.48. The lowest BCUT2D eigenvalue weighted by atomic mass is 9.61. The fourth-order valence-electron chi connectivity index (χ4n) is 6.00. The minimum absolute atomic E-state index is 0.129. The lowest BCUT2D eigenvalue weighted by molar-refractivity contribution is 0.0194. The van der Waals surface area contributed by atoms with Crippen molar-refractivity contribution < 1.29 is 14.3 Å². The van der Waals surface area contributed by atoms with Crippen LogP contribution in [0, 0.1) is 34.2 Å². The predicted octanol–water partition coefficient (Wildman–Crippen LogP) is 6.90. The van der Waals surface area contributed by atoms with Crippen LogP contribution in [-0.2, 0) is 11.8 Å². The molecule has 3 nitrogen and oxygen atoms in total. The Hall–Kier alpha value is -1.55. The summed E-state index contributed by atoms with van der Waals surface area (Å²) in [6, 6.07) is 8.09. The van der Waals surface area contributed by atoms with E-state index in [1.165, 1.54) is 4.88 Å². The summed E-state index contributed by atoms with van der Waals surface area (Å²) in [5.74, 6) is 1.12. The fraction of sp³-hybridized carbons (Fsp3) is 0.615. The molecule has 2 heterocycles. The number of carbonyl (C=O) groups is 1. The normalized spacial score (nSPS) is 25.2. The van der Waals surface area contributed by atoms with Gasteiger partial charge in [0.25, 0.3) is 0 Å². The maximum atomic E-state index is 13.6. The van der Waals surface area contributed by atoms with Crippen LogP contribution in [0.4, 0.5) is 4.39 Å². The van der Waals surface area contributed by atoms with Crippen molar-refractivity contribution in [1.29, 1.82) is 5.26 Å². The number of carbonyl (C=O) groups excluding carboxylic acids is 1. The number of aryl methyl sites for hydroxylation is 1. The molecule has 0 saturated heterocycles. The molecule has 2 saturated carbocycles. The van der Waals surface area contributed by atoms with Crippen LogP contribution in [-0.4, -0.2) is 17.5 Å². The van der Waals surface area contributed by atoms with Gasteiger partial charge in [-0.1, -0.05) is 12.8 Å². The number of nitrogens with zero attached hydrogens (tertiary/aromatic N) is 1. The second kappa shape index (κ2) is 10.6. The molecule has 172 valence electrons. The van der Waals surface area contributed by atoms with Gasteiger partial charge in [-0.15, -0.1) is 22.7 Å². The van der Waals surface area contributed by atoms with E-state index >= 15 is 0 Å². The zero-order valence-electron chi connectivity index (χ0n) is 18.5. The second-order valence-electron chi connectivity index (χ2n) is 9.65. The first kappa shape index (κ1) is 23.6. The zero-order valence-corrected chi connectivity index (χ0v) is 20.1. The van der Waals surface area contributed by atoms with E-state index in [9.17, 15) is 19.6 Å². The second-order valence-corrected chi connectivity index (χ2v) is 11.7. The first-order valence-electron chi connectivity index (χ1n) is 11.9. The highest BCUT2D eigenvalue weighted by Crippen LogP contribution is 2.49. The summed E-state index contributed by atoms with van der Waals surface area (Å²) >= 11 is 2.70. The molecule has 0 amide bonds. The summed E-state index contributed by atoms with van der Waals surface area (Å²) in [4.78, 5) is 12.9. The Labute approximate surface area is 198 Å². The van der Waals surface area contributed by atoms with Crippen LogP contribution in [0.25, 0.3) is 0 Å². The Balaban J connectivity index is 1.28. The van der Waals surface area contributed by atoms with Crippen LogP contribution >= 0.6 is 22.7 Å². The van der Waals surface area contributed by atoms with Gasteiger partial charge in [-0.05, 0) is 98.8 Å². The predicted molar refractivity (Wildman–Crippen MR) is 128 cm³/mol.